The van der Waals surface area contributed by atoms with Crippen LogP contribution in [0.5, 0.6) is 0 Å². The Labute approximate surface area is 209 Å². The zero-order valence-corrected chi connectivity index (χ0v) is 20.0. The molecule has 0 aliphatic rings. The van der Waals surface area contributed by atoms with Gasteiger partial charge in [0.25, 0.3) is 0 Å². The minimum atomic E-state index is -1.02. The summed E-state index contributed by atoms with van der Waals surface area (Å²) < 4.78 is 27.1. The number of nitrogen functional groups attached to an aromatic ring is 1. The zero-order chi connectivity index (χ0) is 25.9. The van der Waals surface area contributed by atoms with Crippen molar-refractivity contribution in [1.82, 2.24) is 20.5 Å². The van der Waals surface area contributed by atoms with Crippen molar-refractivity contribution in [2.24, 2.45) is 0 Å². The first-order chi connectivity index (χ1) is 17.3. The number of nitrogens with one attached hydrogen (secondary N) is 2. The minimum Gasteiger partial charge on any atom is -0.384 e. The van der Waals surface area contributed by atoms with Crippen molar-refractivity contribution in [3.63, 3.8) is 0 Å². The highest BCUT2D eigenvalue weighted by Crippen LogP contribution is 2.11. The molecule has 0 saturated heterocycles. The first-order valence-electron chi connectivity index (χ1n) is 11.4. The highest BCUT2D eigenvalue weighted by molar-refractivity contribution is 5.88. The summed E-state index contributed by atoms with van der Waals surface area (Å²) in [7, 11) is 1.79. The van der Waals surface area contributed by atoms with Crippen LogP contribution in [0.15, 0.2) is 72.9 Å². The van der Waals surface area contributed by atoms with Gasteiger partial charge in [0.05, 0.1) is 6.54 Å². The van der Waals surface area contributed by atoms with Crippen LogP contribution in [0.25, 0.3) is 6.08 Å². The van der Waals surface area contributed by atoms with Crippen molar-refractivity contribution in [2.45, 2.75) is 19.0 Å². The number of hydrogen-bond donors (Lipinski definition) is 3. The standard InChI is InChI=1S/C27H29F2N5O2/c1-34(13-5-8-19-6-3-2-4-7-19)18-26(35)33-24(15-20-9-11-22(28)23(29)14-20)27(36)32-17-21-10-12-25(30)31-16-21/h2-12,14,16,24H,13,15,17-18H2,1H3,(H2,30,31)(H,32,36)(H,33,35)/t24-/m0/s1. The van der Waals surface area contributed by atoms with Gasteiger partial charge >= 0.3 is 0 Å². The van der Waals surface area contributed by atoms with Gasteiger partial charge in [0, 0.05) is 25.7 Å². The van der Waals surface area contributed by atoms with E-state index < -0.39 is 23.6 Å². The van der Waals surface area contributed by atoms with Crippen LogP contribution < -0.4 is 16.4 Å². The third-order valence-corrected chi connectivity index (χ3v) is 5.33. The van der Waals surface area contributed by atoms with E-state index >= 15 is 0 Å². The number of aromatic nitrogens is 1. The van der Waals surface area contributed by atoms with Gasteiger partial charge in [-0.1, -0.05) is 54.6 Å². The van der Waals surface area contributed by atoms with Crippen LogP contribution in [0, 0.1) is 11.6 Å². The van der Waals surface area contributed by atoms with E-state index in [1.54, 1.807) is 24.1 Å². The Hall–Kier alpha value is -4.11. The molecule has 1 heterocycles. The largest absolute Gasteiger partial charge is 0.384 e. The highest BCUT2D eigenvalue weighted by Gasteiger charge is 2.22. The predicted molar refractivity (Wildman–Crippen MR) is 135 cm³/mol. The van der Waals surface area contributed by atoms with E-state index in [4.69, 9.17) is 5.73 Å². The van der Waals surface area contributed by atoms with Crippen molar-refractivity contribution in [3.8, 4) is 0 Å². The summed E-state index contributed by atoms with van der Waals surface area (Å²) in [6, 6.07) is 15.5. The molecule has 1 atom stereocenters. The lowest BCUT2D eigenvalue weighted by Gasteiger charge is -2.21. The summed E-state index contributed by atoms with van der Waals surface area (Å²) in [4.78, 5) is 31.4. The quantitative estimate of drug-likeness (QED) is 0.381. The van der Waals surface area contributed by atoms with Gasteiger partial charge in [-0.2, -0.15) is 0 Å². The van der Waals surface area contributed by atoms with E-state index in [1.165, 1.54) is 12.3 Å². The molecule has 3 aromatic rings. The molecule has 0 spiro atoms. The molecule has 7 nitrogen and oxygen atoms in total. The summed E-state index contributed by atoms with van der Waals surface area (Å²) in [5.74, 6) is -2.48. The number of likely N-dealkylation sites (N-methyl/N-ethyl adjacent to an activating group) is 1. The molecule has 0 unspecified atom stereocenters. The Kier molecular flexibility index (Phi) is 9.64. The molecule has 0 bridgehead atoms. The maximum absolute atomic E-state index is 13.7. The Morgan fingerprint density at radius 3 is 2.50 bits per heavy atom. The average molecular weight is 494 g/mol. The number of amides is 2. The lowest BCUT2D eigenvalue weighted by atomic mass is 10.0. The smallest absolute Gasteiger partial charge is 0.243 e. The number of hydrogen-bond acceptors (Lipinski definition) is 5. The highest BCUT2D eigenvalue weighted by atomic mass is 19.2. The Balaban J connectivity index is 1.61. The molecule has 2 aromatic carbocycles. The van der Waals surface area contributed by atoms with Gasteiger partial charge < -0.3 is 16.4 Å². The van der Waals surface area contributed by atoms with Crippen molar-refractivity contribution >= 4 is 23.7 Å². The van der Waals surface area contributed by atoms with Crippen molar-refractivity contribution in [2.75, 3.05) is 25.9 Å². The van der Waals surface area contributed by atoms with Crippen molar-refractivity contribution in [3.05, 3.63) is 101 Å². The number of nitrogens with zero attached hydrogens (tertiary/aromatic N) is 2. The van der Waals surface area contributed by atoms with Gasteiger partial charge in [0.2, 0.25) is 11.8 Å². The van der Waals surface area contributed by atoms with E-state index in [0.717, 1.165) is 23.3 Å². The molecule has 0 radical (unpaired) electrons. The summed E-state index contributed by atoms with van der Waals surface area (Å²) in [6.07, 6.45) is 5.43. The fraction of sp³-hybridized carbons (Fsp3) is 0.222. The number of anilines is 1. The normalized spacial score (nSPS) is 12.0. The lowest BCUT2D eigenvalue weighted by Crippen LogP contribution is -2.50. The zero-order valence-electron chi connectivity index (χ0n) is 20.0. The van der Waals surface area contributed by atoms with Crippen LogP contribution in [0.3, 0.4) is 0 Å². The molecular formula is C27H29F2N5O2. The van der Waals surface area contributed by atoms with E-state index in [1.807, 2.05) is 42.5 Å². The van der Waals surface area contributed by atoms with Crippen LogP contribution in [0.1, 0.15) is 16.7 Å². The van der Waals surface area contributed by atoms with Crippen LogP contribution in [-0.4, -0.2) is 47.9 Å². The molecule has 4 N–H and O–H groups in total. The molecule has 0 fully saturated rings. The number of benzene rings is 2. The Morgan fingerprint density at radius 1 is 1.06 bits per heavy atom. The van der Waals surface area contributed by atoms with Gasteiger partial charge in [-0.3, -0.25) is 14.5 Å². The first kappa shape index (κ1) is 26.5. The van der Waals surface area contributed by atoms with Crippen molar-refractivity contribution < 1.29 is 18.4 Å². The lowest BCUT2D eigenvalue weighted by molar-refractivity contribution is -0.129. The fourth-order valence-electron chi connectivity index (χ4n) is 3.45. The van der Waals surface area contributed by atoms with Crippen molar-refractivity contribution in [1.29, 1.82) is 0 Å². The van der Waals surface area contributed by atoms with Gasteiger partial charge in [-0.25, -0.2) is 13.8 Å². The van der Waals surface area contributed by atoms with Gasteiger partial charge in [-0.05, 0) is 41.9 Å². The van der Waals surface area contributed by atoms with Crippen LogP contribution in [-0.2, 0) is 22.6 Å². The number of nitrogens with two attached hydrogens (primary N) is 1. The number of rotatable bonds is 11. The molecule has 0 aliphatic heterocycles. The Morgan fingerprint density at radius 2 is 1.81 bits per heavy atom. The monoisotopic (exact) mass is 493 g/mol. The molecule has 9 heteroatoms. The summed E-state index contributed by atoms with van der Waals surface area (Å²) in [5, 5.41) is 5.46. The molecule has 1 aromatic heterocycles. The second-order valence-electron chi connectivity index (χ2n) is 8.39. The molecule has 2 amide bonds. The van der Waals surface area contributed by atoms with Crippen LogP contribution >= 0.6 is 0 Å². The van der Waals surface area contributed by atoms with E-state index in [0.29, 0.717) is 17.9 Å². The third kappa shape index (κ3) is 8.59. The van der Waals surface area contributed by atoms with E-state index in [9.17, 15) is 18.4 Å². The Bertz CT molecular complexity index is 1190. The van der Waals surface area contributed by atoms with Gasteiger partial charge in [0.15, 0.2) is 11.6 Å². The van der Waals surface area contributed by atoms with Gasteiger partial charge in [0.1, 0.15) is 11.9 Å². The maximum Gasteiger partial charge on any atom is 0.243 e. The molecule has 0 saturated carbocycles. The summed E-state index contributed by atoms with van der Waals surface area (Å²) >= 11 is 0. The van der Waals surface area contributed by atoms with E-state index in [-0.39, 0.29) is 25.4 Å². The minimum absolute atomic E-state index is 0.00755. The van der Waals surface area contributed by atoms with Gasteiger partial charge in [-0.15, -0.1) is 0 Å². The number of halogens is 2. The molecule has 36 heavy (non-hydrogen) atoms. The molecule has 3 rings (SSSR count). The summed E-state index contributed by atoms with van der Waals surface area (Å²) in [5.41, 5.74) is 7.73. The number of carbonyl (C=O) groups is 2. The van der Waals surface area contributed by atoms with E-state index in [2.05, 4.69) is 15.6 Å². The molecule has 188 valence electrons. The third-order valence-electron chi connectivity index (χ3n) is 5.33. The predicted octanol–water partition coefficient (Wildman–Crippen LogP) is 2.93. The summed E-state index contributed by atoms with van der Waals surface area (Å²) in [6.45, 7) is 0.732. The SMILES string of the molecule is CN(CC=Cc1ccccc1)CC(=O)N[C@@H](Cc1ccc(F)c(F)c1)C(=O)NCc1ccc(N)nc1. The molecular weight excluding hydrogens is 464 g/mol. The molecule has 0 aliphatic carbocycles. The maximum atomic E-state index is 13.7. The van der Waals surface area contributed by atoms with Crippen LogP contribution in [0.4, 0.5) is 14.6 Å². The fourth-order valence-corrected chi connectivity index (χ4v) is 3.45. The average Bonchev–Trinajstić information content (AvgIpc) is 2.86. The van der Waals surface area contributed by atoms with Crippen LogP contribution in [0.2, 0.25) is 0 Å². The topological polar surface area (TPSA) is 100 Å². The first-order valence-corrected chi connectivity index (χ1v) is 11.4. The second-order valence-corrected chi connectivity index (χ2v) is 8.39. The number of pyridine rings is 1. The number of carbonyl (C=O) groups excluding carboxylic acids is 2. The second kappa shape index (κ2) is 13.1.